The Balaban J connectivity index is 1.86. The minimum atomic E-state index is 0.177. The molecule has 2 heteroatoms. The van der Waals surface area contributed by atoms with E-state index in [1.54, 1.807) is 0 Å². The third-order valence-electron chi connectivity index (χ3n) is 4.28. The summed E-state index contributed by atoms with van der Waals surface area (Å²) in [7, 11) is 0. The van der Waals surface area contributed by atoms with Gasteiger partial charge in [-0.2, -0.15) is 0 Å². The Morgan fingerprint density at radius 2 is 2.31 bits per heavy atom. The van der Waals surface area contributed by atoms with Crippen molar-refractivity contribution in [2.24, 2.45) is 17.8 Å². The SMILES string of the molecule is C#CCC(CC)NC(=O)C1CC2CCC1C2. The van der Waals surface area contributed by atoms with Crippen molar-refractivity contribution in [2.45, 2.75) is 51.5 Å². The van der Waals surface area contributed by atoms with Gasteiger partial charge in [-0.05, 0) is 37.5 Å². The number of carbonyl (C=O) groups excluding carboxylic acids is 1. The molecular weight excluding hydrogens is 198 g/mol. The second-order valence-electron chi connectivity index (χ2n) is 5.30. The predicted molar refractivity (Wildman–Crippen MR) is 64.6 cm³/mol. The number of fused-ring (bicyclic) bond motifs is 2. The lowest BCUT2D eigenvalue weighted by Gasteiger charge is -2.23. The number of amides is 1. The summed E-state index contributed by atoms with van der Waals surface area (Å²) in [6.07, 6.45) is 11.9. The highest BCUT2D eigenvalue weighted by Gasteiger charge is 2.43. The number of carbonyl (C=O) groups is 1. The smallest absolute Gasteiger partial charge is 0.223 e. The lowest BCUT2D eigenvalue weighted by molar-refractivity contribution is -0.127. The third kappa shape index (κ3) is 2.24. The van der Waals surface area contributed by atoms with Gasteiger partial charge < -0.3 is 5.32 Å². The second kappa shape index (κ2) is 4.91. The summed E-state index contributed by atoms with van der Waals surface area (Å²) in [5.41, 5.74) is 0. The molecule has 1 amide bonds. The summed E-state index contributed by atoms with van der Waals surface area (Å²) < 4.78 is 0. The molecule has 0 saturated heterocycles. The fourth-order valence-electron chi connectivity index (χ4n) is 3.31. The van der Waals surface area contributed by atoms with Gasteiger partial charge in [-0.25, -0.2) is 0 Å². The van der Waals surface area contributed by atoms with E-state index in [0.717, 1.165) is 18.8 Å². The van der Waals surface area contributed by atoms with Crippen molar-refractivity contribution in [1.29, 1.82) is 0 Å². The highest BCUT2D eigenvalue weighted by atomic mass is 16.2. The summed E-state index contributed by atoms with van der Waals surface area (Å²) in [6, 6.07) is 0.177. The van der Waals surface area contributed by atoms with Crippen LogP contribution in [0.2, 0.25) is 0 Å². The van der Waals surface area contributed by atoms with Crippen LogP contribution in [0.3, 0.4) is 0 Å². The molecule has 88 valence electrons. The average molecular weight is 219 g/mol. The molecular formula is C14H21NO. The molecule has 0 heterocycles. The molecule has 4 unspecified atom stereocenters. The Labute approximate surface area is 98.2 Å². The molecule has 2 aliphatic carbocycles. The molecule has 0 aromatic rings. The first-order valence-corrected chi connectivity index (χ1v) is 6.48. The topological polar surface area (TPSA) is 29.1 Å². The molecule has 2 saturated carbocycles. The van der Waals surface area contributed by atoms with E-state index in [1.165, 1.54) is 19.3 Å². The number of nitrogens with one attached hydrogen (secondary N) is 1. The number of hydrogen-bond donors (Lipinski definition) is 1. The standard InChI is InChI=1S/C14H21NO/c1-3-5-12(4-2)15-14(16)13-9-10-6-7-11(13)8-10/h1,10-13H,4-9H2,2H3,(H,15,16). The molecule has 2 nitrogen and oxygen atoms in total. The van der Waals surface area contributed by atoms with Crippen LogP contribution in [0.5, 0.6) is 0 Å². The van der Waals surface area contributed by atoms with E-state index < -0.39 is 0 Å². The Morgan fingerprint density at radius 1 is 1.50 bits per heavy atom. The summed E-state index contributed by atoms with van der Waals surface area (Å²) in [4.78, 5) is 12.1. The maximum atomic E-state index is 12.1. The molecule has 2 bridgehead atoms. The normalized spacial score (nSPS) is 33.4. The van der Waals surface area contributed by atoms with Gasteiger partial charge in [0.05, 0.1) is 0 Å². The van der Waals surface area contributed by atoms with E-state index in [9.17, 15) is 4.79 Å². The van der Waals surface area contributed by atoms with Crippen molar-refractivity contribution in [3.8, 4) is 12.3 Å². The van der Waals surface area contributed by atoms with Crippen molar-refractivity contribution < 1.29 is 4.79 Å². The van der Waals surface area contributed by atoms with Gasteiger partial charge in [-0.1, -0.05) is 13.3 Å². The van der Waals surface area contributed by atoms with E-state index in [4.69, 9.17) is 6.42 Å². The Hall–Kier alpha value is -0.970. The van der Waals surface area contributed by atoms with Crippen LogP contribution in [0.1, 0.15) is 45.4 Å². The van der Waals surface area contributed by atoms with Gasteiger partial charge in [0.2, 0.25) is 5.91 Å². The van der Waals surface area contributed by atoms with Crippen LogP contribution in [0.15, 0.2) is 0 Å². The molecule has 0 aromatic heterocycles. The van der Waals surface area contributed by atoms with Gasteiger partial charge >= 0.3 is 0 Å². The first-order valence-electron chi connectivity index (χ1n) is 6.48. The maximum absolute atomic E-state index is 12.1. The molecule has 4 atom stereocenters. The van der Waals surface area contributed by atoms with Crippen LogP contribution in [-0.4, -0.2) is 11.9 Å². The molecule has 2 fully saturated rings. The molecule has 0 aliphatic heterocycles. The van der Waals surface area contributed by atoms with Crippen LogP contribution in [0, 0.1) is 30.1 Å². The molecule has 0 radical (unpaired) electrons. The number of hydrogen-bond acceptors (Lipinski definition) is 1. The monoisotopic (exact) mass is 219 g/mol. The highest BCUT2D eigenvalue weighted by Crippen LogP contribution is 2.48. The van der Waals surface area contributed by atoms with E-state index in [0.29, 0.717) is 12.3 Å². The van der Waals surface area contributed by atoms with Crippen LogP contribution < -0.4 is 5.32 Å². The largest absolute Gasteiger partial charge is 0.352 e. The molecule has 0 spiro atoms. The van der Waals surface area contributed by atoms with Gasteiger partial charge in [0.15, 0.2) is 0 Å². The van der Waals surface area contributed by atoms with Crippen molar-refractivity contribution in [3.63, 3.8) is 0 Å². The van der Waals surface area contributed by atoms with Crippen LogP contribution in [-0.2, 0) is 4.79 Å². The van der Waals surface area contributed by atoms with Gasteiger partial charge in [0.1, 0.15) is 0 Å². The summed E-state index contributed by atoms with van der Waals surface area (Å²) in [6.45, 7) is 2.07. The first kappa shape index (κ1) is 11.5. The molecule has 1 N–H and O–H groups in total. The molecule has 2 rings (SSSR count). The van der Waals surface area contributed by atoms with Gasteiger partial charge in [0, 0.05) is 18.4 Å². The Kier molecular flexibility index (Phi) is 3.53. The minimum absolute atomic E-state index is 0.177. The lowest BCUT2D eigenvalue weighted by Crippen LogP contribution is -2.40. The molecule has 0 aromatic carbocycles. The van der Waals surface area contributed by atoms with Crippen LogP contribution in [0.25, 0.3) is 0 Å². The quantitative estimate of drug-likeness (QED) is 0.722. The van der Waals surface area contributed by atoms with Crippen molar-refractivity contribution >= 4 is 5.91 Å². The predicted octanol–water partition coefficient (Wildman–Crippen LogP) is 2.34. The van der Waals surface area contributed by atoms with Crippen molar-refractivity contribution in [1.82, 2.24) is 5.32 Å². The summed E-state index contributed by atoms with van der Waals surface area (Å²) >= 11 is 0. The van der Waals surface area contributed by atoms with Gasteiger partial charge in [-0.15, -0.1) is 12.3 Å². The first-order chi connectivity index (χ1) is 7.74. The number of rotatable bonds is 4. The zero-order valence-electron chi connectivity index (χ0n) is 10.0. The van der Waals surface area contributed by atoms with E-state index in [2.05, 4.69) is 18.2 Å². The fraction of sp³-hybridized carbons (Fsp3) is 0.786. The van der Waals surface area contributed by atoms with Gasteiger partial charge in [0.25, 0.3) is 0 Å². The number of terminal acetylenes is 1. The third-order valence-corrected chi connectivity index (χ3v) is 4.28. The Morgan fingerprint density at radius 3 is 2.81 bits per heavy atom. The highest BCUT2D eigenvalue weighted by molar-refractivity contribution is 5.79. The summed E-state index contributed by atoms with van der Waals surface area (Å²) in [5.74, 6) is 4.66. The van der Waals surface area contributed by atoms with Crippen LogP contribution >= 0.6 is 0 Å². The molecule has 2 aliphatic rings. The second-order valence-corrected chi connectivity index (χ2v) is 5.30. The zero-order valence-corrected chi connectivity index (χ0v) is 10.0. The zero-order chi connectivity index (χ0) is 11.5. The summed E-state index contributed by atoms with van der Waals surface area (Å²) in [5, 5.41) is 3.11. The van der Waals surface area contributed by atoms with E-state index in [1.807, 2.05) is 0 Å². The maximum Gasteiger partial charge on any atom is 0.223 e. The van der Waals surface area contributed by atoms with Crippen molar-refractivity contribution in [3.05, 3.63) is 0 Å². The van der Waals surface area contributed by atoms with Crippen LogP contribution in [0.4, 0.5) is 0 Å². The average Bonchev–Trinajstić information content (AvgIpc) is 2.89. The minimum Gasteiger partial charge on any atom is -0.352 e. The fourth-order valence-corrected chi connectivity index (χ4v) is 3.31. The lowest BCUT2D eigenvalue weighted by atomic mass is 9.88. The van der Waals surface area contributed by atoms with Crippen molar-refractivity contribution in [2.75, 3.05) is 0 Å². The van der Waals surface area contributed by atoms with Gasteiger partial charge in [-0.3, -0.25) is 4.79 Å². The Bertz CT molecular complexity index is 304. The molecule has 16 heavy (non-hydrogen) atoms. The van der Waals surface area contributed by atoms with E-state index in [-0.39, 0.29) is 17.9 Å². The van der Waals surface area contributed by atoms with E-state index >= 15 is 0 Å².